The van der Waals surface area contributed by atoms with Crippen LogP contribution in [-0.4, -0.2) is 88.3 Å². The smallest absolute Gasteiger partial charge is 0.219 e. The average molecular weight is 533 g/mol. The van der Waals surface area contributed by atoms with Crippen LogP contribution in [0.15, 0.2) is 23.2 Å². The fraction of sp³-hybridized carbons (Fsp3) is 0.619. The van der Waals surface area contributed by atoms with E-state index in [2.05, 4.69) is 39.6 Å². The summed E-state index contributed by atoms with van der Waals surface area (Å²) in [6.07, 6.45) is 0. The fourth-order valence-corrected chi connectivity index (χ4v) is 3.20. The summed E-state index contributed by atoms with van der Waals surface area (Å²) in [7, 11) is 3.44. The number of aliphatic imine (C=N–C) groups is 1. The standard InChI is InChI=1S/C21H35N5O3.HI/c1-17-5-6-19(20(15-17)29-14-13-28-4)16-24-21(22-3)23-7-8-25-9-11-26(12-10-25)18(2)27;/h5-6,15H,7-14,16H2,1-4H3,(H2,22,23,24);1H. The maximum absolute atomic E-state index is 11.4. The summed E-state index contributed by atoms with van der Waals surface area (Å²) < 4.78 is 10.9. The van der Waals surface area contributed by atoms with Crippen molar-refractivity contribution in [1.82, 2.24) is 20.4 Å². The van der Waals surface area contributed by atoms with Gasteiger partial charge in [0.2, 0.25) is 5.91 Å². The Bertz CT molecular complexity index is 679. The summed E-state index contributed by atoms with van der Waals surface area (Å²) in [6.45, 7) is 10.6. The largest absolute Gasteiger partial charge is 0.491 e. The Morgan fingerprint density at radius 1 is 1.17 bits per heavy atom. The number of piperazine rings is 1. The Labute approximate surface area is 197 Å². The third kappa shape index (κ3) is 9.05. The normalized spacial score (nSPS) is 14.8. The predicted molar refractivity (Wildman–Crippen MR) is 131 cm³/mol. The molecule has 0 saturated carbocycles. The van der Waals surface area contributed by atoms with E-state index in [1.807, 2.05) is 11.0 Å². The van der Waals surface area contributed by atoms with E-state index in [1.165, 1.54) is 0 Å². The first-order valence-corrected chi connectivity index (χ1v) is 10.2. The van der Waals surface area contributed by atoms with Crippen molar-refractivity contribution in [2.24, 2.45) is 4.99 Å². The molecular formula is C21H36IN5O3. The fourth-order valence-electron chi connectivity index (χ4n) is 3.20. The molecule has 1 saturated heterocycles. The molecule has 1 amide bonds. The lowest BCUT2D eigenvalue weighted by Gasteiger charge is -2.34. The van der Waals surface area contributed by atoms with Crippen LogP contribution in [0.5, 0.6) is 5.75 Å². The number of hydrogen-bond donors (Lipinski definition) is 2. The number of guanidine groups is 1. The molecule has 0 aromatic heterocycles. The molecule has 1 fully saturated rings. The van der Waals surface area contributed by atoms with Crippen molar-refractivity contribution in [3.63, 3.8) is 0 Å². The SMILES string of the molecule is CN=C(NCCN1CCN(C(C)=O)CC1)NCc1ccc(C)cc1OCCOC.I. The van der Waals surface area contributed by atoms with Crippen molar-refractivity contribution in [3.05, 3.63) is 29.3 Å². The number of rotatable bonds is 9. The topological polar surface area (TPSA) is 78.4 Å². The summed E-state index contributed by atoms with van der Waals surface area (Å²) in [4.78, 5) is 20.0. The van der Waals surface area contributed by atoms with Crippen molar-refractivity contribution in [1.29, 1.82) is 0 Å². The van der Waals surface area contributed by atoms with Gasteiger partial charge in [0.25, 0.3) is 0 Å². The van der Waals surface area contributed by atoms with Gasteiger partial charge >= 0.3 is 0 Å². The lowest BCUT2D eigenvalue weighted by atomic mass is 10.1. The second-order valence-corrected chi connectivity index (χ2v) is 7.15. The Balaban J connectivity index is 0.00000450. The molecule has 0 radical (unpaired) electrons. The van der Waals surface area contributed by atoms with Gasteiger partial charge in [-0.25, -0.2) is 0 Å². The molecule has 170 valence electrons. The van der Waals surface area contributed by atoms with Crippen molar-refractivity contribution < 1.29 is 14.3 Å². The van der Waals surface area contributed by atoms with E-state index in [0.717, 1.165) is 62.1 Å². The van der Waals surface area contributed by atoms with Crippen LogP contribution < -0.4 is 15.4 Å². The highest BCUT2D eigenvalue weighted by Gasteiger charge is 2.18. The molecule has 1 aromatic rings. The maximum atomic E-state index is 11.4. The molecule has 0 unspecified atom stereocenters. The van der Waals surface area contributed by atoms with Crippen molar-refractivity contribution in [3.8, 4) is 5.75 Å². The van der Waals surface area contributed by atoms with Crippen LogP contribution in [0.1, 0.15) is 18.1 Å². The second-order valence-electron chi connectivity index (χ2n) is 7.15. The molecule has 30 heavy (non-hydrogen) atoms. The number of ether oxygens (including phenoxy) is 2. The monoisotopic (exact) mass is 533 g/mol. The number of carbonyl (C=O) groups excluding carboxylic acids is 1. The minimum absolute atomic E-state index is 0. The van der Waals surface area contributed by atoms with Gasteiger partial charge in [0.05, 0.1) is 6.61 Å². The number of hydrogen-bond acceptors (Lipinski definition) is 5. The van der Waals surface area contributed by atoms with Crippen LogP contribution in [0.2, 0.25) is 0 Å². The Morgan fingerprint density at radius 3 is 2.53 bits per heavy atom. The van der Waals surface area contributed by atoms with E-state index >= 15 is 0 Å². The molecule has 0 bridgehead atoms. The molecule has 1 aliphatic heterocycles. The van der Waals surface area contributed by atoms with Crippen molar-refractivity contribution in [2.45, 2.75) is 20.4 Å². The number of carbonyl (C=O) groups is 1. The van der Waals surface area contributed by atoms with E-state index in [4.69, 9.17) is 9.47 Å². The van der Waals surface area contributed by atoms with Crippen molar-refractivity contribution >= 4 is 35.8 Å². The number of amides is 1. The predicted octanol–water partition coefficient (Wildman–Crippen LogP) is 1.47. The summed E-state index contributed by atoms with van der Waals surface area (Å²) in [5.74, 6) is 1.79. The first-order valence-electron chi connectivity index (χ1n) is 10.2. The zero-order valence-electron chi connectivity index (χ0n) is 18.6. The Morgan fingerprint density at radius 2 is 1.90 bits per heavy atom. The van der Waals surface area contributed by atoms with Gasteiger partial charge in [0, 0.05) is 72.5 Å². The highest BCUT2D eigenvalue weighted by molar-refractivity contribution is 14.0. The molecular weight excluding hydrogens is 497 g/mol. The van der Waals surface area contributed by atoms with E-state index in [1.54, 1.807) is 21.1 Å². The summed E-state index contributed by atoms with van der Waals surface area (Å²) in [5.41, 5.74) is 2.24. The first-order chi connectivity index (χ1) is 14.0. The molecule has 1 aliphatic rings. The van der Waals surface area contributed by atoms with E-state index in [-0.39, 0.29) is 29.9 Å². The lowest BCUT2D eigenvalue weighted by molar-refractivity contribution is -0.130. The summed E-state index contributed by atoms with van der Waals surface area (Å²) in [5, 5.41) is 6.71. The van der Waals surface area contributed by atoms with Gasteiger partial charge in [-0.3, -0.25) is 14.7 Å². The number of methoxy groups -OCH3 is 1. The van der Waals surface area contributed by atoms with Gasteiger partial charge in [-0.05, 0) is 18.6 Å². The lowest BCUT2D eigenvalue weighted by Crippen LogP contribution is -2.50. The van der Waals surface area contributed by atoms with Crippen LogP contribution in [0.3, 0.4) is 0 Å². The quantitative estimate of drug-likeness (QED) is 0.217. The van der Waals surface area contributed by atoms with Gasteiger partial charge in [-0.1, -0.05) is 12.1 Å². The van der Waals surface area contributed by atoms with Gasteiger partial charge in [0.1, 0.15) is 12.4 Å². The second kappa shape index (κ2) is 14.4. The third-order valence-electron chi connectivity index (χ3n) is 4.98. The molecule has 1 heterocycles. The van der Waals surface area contributed by atoms with Crippen LogP contribution in [0.4, 0.5) is 0 Å². The number of aryl methyl sites for hydroxylation is 1. The minimum Gasteiger partial charge on any atom is -0.491 e. The molecule has 1 aromatic carbocycles. The van der Waals surface area contributed by atoms with Crippen LogP contribution >= 0.6 is 24.0 Å². The molecule has 0 atom stereocenters. The highest BCUT2D eigenvalue weighted by atomic mass is 127. The Kier molecular flexibility index (Phi) is 12.7. The number of nitrogens with zero attached hydrogens (tertiary/aromatic N) is 3. The molecule has 2 N–H and O–H groups in total. The number of benzene rings is 1. The number of nitrogens with one attached hydrogen (secondary N) is 2. The third-order valence-corrected chi connectivity index (χ3v) is 4.98. The zero-order valence-corrected chi connectivity index (χ0v) is 20.9. The highest BCUT2D eigenvalue weighted by Crippen LogP contribution is 2.20. The first kappa shape index (κ1) is 26.4. The van der Waals surface area contributed by atoms with Crippen LogP contribution in [0, 0.1) is 6.92 Å². The van der Waals surface area contributed by atoms with E-state index in [0.29, 0.717) is 19.8 Å². The van der Waals surface area contributed by atoms with Crippen molar-refractivity contribution in [2.75, 3.05) is 66.6 Å². The summed E-state index contributed by atoms with van der Waals surface area (Å²) >= 11 is 0. The number of halogens is 1. The Hall–Kier alpha value is -1.59. The van der Waals surface area contributed by atoms with Gasteiger partial charge in [0.15, 0.2) is 5.96 Å². The average Bonchev–Trinajstić information content (AvgIpc) is 2.72. The van der Waals surface area contributed by atoms with Crippen LogP contribution in [-0.2, 0) is 16.1 Å². The molecule has 0 spiro atoms. The molecule has 2 rings (SSSR count). The van der Waals surface area contributed by atoms with Gasteiger partial charge in [-0.15, -0.1) is 24.0 Å². The summed E-state index contributed by atoms with van der Waals surface area (Å²) in [6, 6.07) is 6.20. The van der Waals surface area contributed by atoms with Crippen LogP contribution in [0.25, 0.3) is 0 Å². The van der Waals surface area contributed by atoms with E-state index in [9.17, 15) is 4.79 Å². The molecule has 9 heteroatoms. The molecule has 0 aliphatic carbocycles. The molecule has 8 nitrogen and oxygen atoms in total. The van der Waals surface area contributed by atoms with Gasteiger partial charge in [-0.2, -0.15) is 0 Å². The zero-order chi connectivity index (χ0) is 21.1. The minimum atomic E-state index is 0. The van der Waals surface area contributed by atoms with Gasteiger partial charge < -0.3 is 25.0 Å². The van der Waals surface area contributed by atoms with E-state index < -0.39 is 0 Å². The maximum Gasteiger partial charge on any atom is 0.219 e.